The summed E-state index contributed by atoms with van der Waals surface area (Å²) in [5.74, 6) is -3.45. The van der Waals surface area contributed by atoms with Crippen molar-refractivity contribution in [3.05, 3.63) is 100 Å². The molecule has 3 aromatic rings. The second kappa shape index (κ2) is 14.5. The molecule has 0 bridgehead atoms. The van der Waals surface area contributed by atoms with Crippen LogP contribution < -0.4 is 4.74 Å². The van der Waals surface area contributed by atoms with Crippen LogP contribution in [0, 0.1) is 20.8 Å². The van der Waals surface area contributed by atoms with Crippen molar-refractivity contribution in [1.82, 2.24) is 10.0 Å². The van der Waals surface area contributed by atoms with Crippen LogP contribution in [-0.2, 0) is 30.4 Å². The molecule has 0 spiro atoms. The highest BCUT2D eigenvalue weighted by molar-refractivity contribution is 6.07. The zero-order chi connectivity index (χ0) is 33.5. The van der Waals surface area contributed by atoms with Gasteiger partial charge in [0, 0.05) is 23.6 Å². The lowest BCUT2D eigenvalue weighted by molar-refractivity contribution is -0.193. The number of amides is 3. The van der Waals surface area contributed by atoms with Gasteiger partial charge in [-0.25, -0.2) is 14.6 Å². The molecule has 3 aromatic carbocycles. The lowest BCUT2D eigenvalue weighted by Crippen LogP contribution is -2.61. The van der Waals surface area contributed by atoms with Gasteiger partial charge in [0.1, 0.15) is 12.4 Å². The Labute approximate surface area is 262 Å². The van der Waals surface area contributed by atoms with Crippen LogP contribution in [-0.4, -0.2) is 58.8 Å². The Morgan fingerprint density at radius 2 is 1.42 bits per heavy atom. The third-order valence-electron chi connectivity index (χ3n) is 6.49. The summed E-state index contributed by atoms with van der Waals surface area (Å²) in [5, 5.41) is 1.45. The molecule has 3 amide bonds. The van der Waals surface area contributed by atoms with Crippen molar-refractivity contribution in [1.29, 1.82) is 0 Å². The van der Waals surface area contributed by atoms with E-state index in [2.05, 4.69) is 0 Å². The molecule has 0 saturated heterocycles. The van der Waals surface area contributed by atoms with E-state index >= 15 is 0 Å². The maximum atomic E-state index is 14.3. The first-order valence-electron chi connectivity index (χ1n) is 14.1. The molecule has 11 heteroatoms. The molecule has 0 aliphatic rings. The third-order valence-corrected chi connectivity index (χ3v) is 6.49. The van der Waals surface area contributed by atoms with Crippen molar-refractivity contribution < 1.29 is 42.9 Å². The number of aryl methyl sites for hydroxylation is 2. The van der Waals surface area contributed by atoms with E-state index in [1.54, 1.807) is 82.3 Å². The fourth-order valence-corrected chi connectivity index (χ4v) is 4.56. The largest absolute Gasteiger partial charge is 0.496 e. The molecule has 0 saturated carbocycles. The number of hydrogen-bond donors (Lipinski definition) is 0. The summed E-state index contributed by atoms with van der Waals surface area (Å²) in [6.45, 7) is 10.9. The van der Waals surface area contributed by atoms with Gasteiger partial charge in [-0.2, -0.15) is 0 Å². The summed E-state index contributed by atoms with van der Waals surface area (Å²) in [5.41, 5.74) is 1.61. The van der Waals surface area contributed by atoms with Crippen molar-refractivity contribution in [2.45, 2.75) is 66.9 Å². The summed E-state index contributed by atoms with van der Waals surface area (Å²) in [6, 6.07) is 18.4. The van der Waals surface area contributed by atoms with E-state index in [9.17, 15) is 24.0 Å². The number of esters is 2. The monoisotopic (exact) mass is 618 g/mol. The third kappa shape index (κ3) is 8.69. The van der Waals surface area contributed by atoms with Gasteiger partial charge < -0.3 is 18.9 Å². The number of carbonyl (C=O) groups excluding carboxylic acids is 5. The number of hydrazine groups is 1. The van der Waals surface area contributed by atoms with Crippen molar-refractivity contribution in [3.63, 3.8) is 0 Å². The fourth-order valence-electron chi connectivity index (χ4n) is 4.56. The molecule has 1 atom stereocenters. The van der Waals surface area contributed by atoms with Gasteiger partial charge in [0.25, 0.3) is 11.8 Å². The quantitative estimate of drug-likeness (QED) is 0.178. The summed E-state index contributed by atoms with van der Waals surface area (Å²) in [6.07, 6.45) is -3.64. The van der Waals surface area contributed by atoms with Gasteiger partial charge in [-0.05, 0) is 71.4 Å². The van der Waals surface area contributed by atoms with Crippen LogP contribution in [0.2, 0.25) is 0 Å². The summed E-state index contributed by atoms with van der Waals surface area (Å²) in [7, 11) is 1.43. The zero-order valence-corrected chi connectivity index (χ0v) is 26.7. The van der Waals surface area contributed by atoms with Crippen LogP contribution in [0.4, 0.5) is 4.79 Å². The van der Waals surface area contributed by atoms with Crippen molar-refractivity contribution in [3.8, 4) is 5.75 Å². The molecule has 11 nitrogen and oxygen atoms in total. The Kier molecular flexibility index (Phi) is 11.1. The average molecular weight is 619 g/mol. The van der Waals surface area contributed by atoms with E-state index in [0.717, 1.165) is 23.1 Å². The fraction of sp³-hybridized carbons (Fsp3) is 0.324. The predicted molar refractivity (Wildman–Crippen MR) is 164 cm³/mol. The lowest BCUT2D eigenvalue weighted by Gasteiger charge is -2.41. The van der Waals surface area contributed by atoms with Gasteiger partial charge in [-0.3, -0.25) is 14.4 Å². The van der Waals surface area contributed by atoms with Gasteiger partial charge in [0.2, 0.25) is 0 Å². The van der Waals surface area contributed by atoms with Crippen molar-refractivity contribution in [2.75, 3.05) is 7.11 Å². The molecule has 1 unspecified atom stereocenters. The first kappa shape index (κ1) is 34.3. The van der Waals surface area contributed by atoms with Gasteiger partial charge in [-0.15, -0.1) is 5.01 Å². The molecular weight excluding hydrogens is 580 g/mol. The number of carbonyl (C=O) groups is 5. The lowest BCUT2D eigenvalue weighted by atomic mass is 10.0. The Hall–Kier alpha value is -5.19. The van der Waals surface area contributed by atoms with E-state index in [1.807, 2.05) is 19.9 Å². The molecule has 0 aromatic heterocycles. The highest BCUT2D eigenvalue weighted by Crippen LogP contribution is 2.28. The predicted octanol–water partition coefficient (Wildman–Crippen LogP) is 5.69. The van der Waals surface area contributed by atoms with Gasteiger partial charge in [0.15, 0.2) is 0 Å². The van der Waals surface area contributed by atoms with Crippen molar-refractivity contribution >= 4 is 29.8 Å². The minimum absolute atomic E-state index is 0.0180. The highest BCUT2D eigenvalue weighted by Gasteiger charge is 2.43. The number of rotatable bonds is 8. The molecule has 0 fully saturated rings. The average Bonchev–Trinajstić information content (AvgIpc) is 2.96. The van der Waals surface area contributed by atoms with Crippen LogP contribution in [0.15, 0.2) is 66.7 Å². The summed E-state index contributed by atoms with van der Waals surface area (Å²) >= 11 is 0. The Morgan fingerprint density at radius 1 is 0.800 bits per heavy atom. The topological polar surface area (TPSA) is 129 Å². The molecule has 3 rings (SSSR count). The van der Waals surface area contributed by atoms with Gasteiger partial charge in [0.05, 0.1) is 12.6 Å². The van der Waals surface area contributed by atoms with Crippen molar-refractivity contribution in [2.24, 2.45) is 0 Å². The van der Waals surface area contributed by atoms with Crippen LogP contribution in [0.1, 0.15) is 70.7 Å². The maximum absolute atomic E-state index is 14.3. The number of hydrogen-bond acceptors (Lipinski definition) is 9. The minimum atomic E-state index is -2.18. The number of nitrogens with zero attached hydrogens (tertiary/aromatic N) is 2. The Morgan fingerprint density at radius 3 is 1.98 bits per heavy atom. The second-order valence-corrected chi connectivity index (χ2v) is 11.3. The van der Waals surface area contributed by atoms with Crippen LogP contribution >= 0.6 is 0 Å². The highest BCUT2D eigenvalue weighted by atomic mass is 16.7. The van der Waals surface area contributed by atoms with Gasteiger partial charge in [-0.1, -0.05) is 53.6 Å². The van der Waals surface area contributed by atoms with E-state index in [0.29, 0.717) is 21.9 Å². The van der Waals surface area contributed by atoms with Crippen LogP contribution in [0.25, 0.3) is 0 Å². The normalized spacial score (nSPS) is 11.6. The summed E-state index contributed by atoms with van der Waals surface area (Å²) < 4.78 is 20.9. The zero-order valence-electron chi connectivity index (χ0n) is 26.7. The molecule has 238 valence electrons. The number of imide groups is 1. The number of methoxy groups -OCH3 is 1. The Balaban J connectivity index is 2.11. The maximum Gasteiger partial charge on any atom is 0.440 e. The van der Waals surface area contributed by atoms with Gasteiger partial charge >= 0.3 is 24.3 Å². The molecule has 0 heterocycles. The first-order valence-corrected chi connectivity index (χ1v) is 14.1. The first-order chi connectivity index (χ1) is 21.1. The molecule has 0 radical (unpaired) electrons. The number of ether oxygens (including phenoxy) is 4. The second-order valence-electron chi connectivity index (χ2n) is 11.3. The summed E-state index contributed by atoms with van der Waals surface area (Å²) in [4.78, 5) is 67.4. The molecule has 0 N–H and O–H groups in total. The van der Waals surface area contributed by atoms with E-state index in [1.165, 1.54) is 13.2 Å². The molecule has 45 heavy (non-hydrogen) atoms. The SMILES string of the molecule is COc1cccc(C(=O)N(C(=O)OC(OC(C)=O)C(=O)OCc2ccccc2)N(C(=O)c2cc(C)cc(C)c2)C(C)(C)C)c1C. The van der Waals surface area contributed by atoms with E-state index < -0.39 is 41.7 Å². The van der Waals surface area contributed by atoms with E-state index in [-0.39, 0.29) is 17.7 Å². The molecule has 0 aliphatic carbocycles. The number of benzene rings is 3. The van der Waals surface area contributed by atoms with Crippen LogP contribution in [0.5, 0.6) is 5.75 Å². The Bertz CT molecular complexity index is 1560. The smallest absolute Gasteiger partial charge is 0.440 e. The molecule has 0 aliphatic heterocycles. The van der Waals surface area contributed by atoms with Crippen LogP contribution in [0.3, 0.4) is 0 Å². The van der Waals surface area contributed by atoms with E-state index in [4.69, 9.17) is 18.9 Å². The minimum Gasteiger partial charge on any atom is -0.496 e. The standard InChI is InChI=1S/C34H38N2O9/c1-21-17-22(2)19-26(18-21)29(38)36(34(5,6)7)35(30(39)27-15-12-16-28(42-8)23(27)3)33(41)45-32(44-24(4)37)31(40)43-20-25-13-10-9-11-14-25/h9-19,32H,20H2,1-8H3. The molecular formula is C34H38N2O9.